The van der Waals surface area contributed by atoms with Gasteiger partial charge in [-0.05, 0) is 31.7 Å². The van der Waals surface area contributed by atoms with Crippen molar-refractivity contribution < 1.29 is 9.53 Å². The first-order valence-electron chi connectivity index (χ1n) is 5.52. The highest BCUT2D eigenvalue weighted by Crippen LogP contribution is 2.24. The first-order valence-corrected chi connectivity index (χ1v) is 5.52. The van der Waals surface area contributed by atoms with Crippen LogP contribution in [-0.2, 0) is 9.53 Å². The summed E-state index contributed by atoms with van der Waals surface area (Å²) in [7, 11) is 0. The predicted molar refractivity (Wildman–Crippen MR) is 55.9 cm³/mol. The Labute approximate surface area is 86.2 Å². The van der Waals surface area contributed by atoms with Gasteiger partial charge in [0, 0.05) is 6.54 Å². The molecule has 1 aliphatic rings. The highest BCUT2D eigenvalue weighted by molar-refractivity contribution is 5.73. The first-order chi connectivity index (χ1) is 6.65. The molecule has 1 heterocycles. The van der Waals surface area contributed by atoms with E-state index in [0.717, 1.165) is 19.5 Å². The van der Waals surface area contributed by atoms with E-state index in [4.69, 9.17) is 4.74 Å². The van der Waals surface area contributed by atoms with Crippen LogP contribution < -0.4 is 5.32 Å². The van der Waals surface area contributed by atoms with E-state index in [9.17, 15) is 4.79 Å². The molecule has 1 N–H and O–H groups in total. The van der Waals surface area contributed by atoms with Gasteiger partial charge >= 0.3 is 5.97 Å². The van der Waals surface area contributed by atoms with E-state index in [1.54, 1.807) is 0 Å². The number of hydrogen-bond donors (Lipinski definition) is 1. The molecule has 1 saturated heterocycles. The normalized spacial score (nSPS) is 26.9. The van der Waals surface area contributed by atoms with Crippen molar-refractivity contribution in [2.24, 2.45) is 17.8 Å². The second-order valence-electron chi connectivity index (χ2n) is 4.41. The van der Waals surface area contributed by atoms with Gasteiger partial charge in [0.2, 0.25) is 0 Å². The van der Waals surface area contributed by atoms with Crippen molar-refractivity contribution in [1.82, 2.24) is 5.32 Å². The number of carbonyl (C=O) groups excluding carboxylic acids is 1. The second-order valence-corrected chi connectivity index (χ2v) is 4.41. The van der Waals surface area contributed by atoms with Crippen LogP contribution in [0.3, 0.4) is 0 Å². The van der Waals surface area contributed by atoms with Crippen LogP contribution in [0.1, 0.15) is 27.2 Å². The topological polar surface area (TPSA) is 38.3 Å². The average molecular weight is 199 g/mol. The number of esters is 1. The van der Waals surface area contributed by atoms with Crippen LogP contribution in [0.15, 0.2) is 0 Å². The van der Waals surface area contributed by atoms with Gasteiger partial charge < -0.3 is 10.1 Å². The lowest BCUT2D eigenvalue weighted by atomic mass is 9.88. The molecule has 0 unspecified atom stereocenters. The van der Waals surface area contributed by atoms with Crippen molar-refractivity contribution in [3.63, 3.8) is 0 Å². The van der Waals surface area contributed by atoms with Crippen molar-refractivity contribution in [1.29, 1.82) is 0 Å². The van der Waals surface area contributed by atoms with E-state index in [-0.39, 0.29) is 11.9 Å². The van der Waals surface area contributed by atoms with Gasteiger partial charge in [0.25, 0.3) is 0 Å². The van der Waals surface area contributed by atoms with E-state index in [1.165, 1.54) is 0 Å². The zero-order valence-corrected chi connectivity index (χ0v) is 9.38. The van der Waals surface area contributed by atoms with Crippen molar-refractivity contribution in [3.05, 3.63) is 0 Å². The van der Waals surface area contributed by atoms with Crippen molar-refractivity contribution >= 4 is 5.97 Å². The summed E-state index contributed by atoms with van der Waals surface area (Å²) < 4.78 is 5.06. The molecule has 1 rings (SSSR count). The molecule has 14 heavy (non-hydrogen) atoms. The molecule has 1 fully saturated rings. The zero-order valence-electron chi connectivity index (χ0n) is 9.38. The number of nitrogens with one attached hydrogen (secondary N) is 1. The maximum absolute atomic E-state index is 11.6. The smallest absolute Gasteiger partial charge is 0.310 e. The largest absolute Gasteiger partial charge is 0.466 e. The fourth-order valence-corrected chi connectivity index (χ4v) is 2.11. The van der Waals surface area contributed by atoms with E-state index < -0.39 is 0 Å². The number of rotatable bonds is 4. The van der Waals surface area contributed by atoms with Crippen molar-refractivity contribution in [2.45, 2.75) is 27.2 Å². The molecule has 0 saturated carbocycles. The second kappa shape index (κ2) is 5.35. The third-order valence-electron chi connectivity index (χ3n) is 2.70. The highest BCUT2D eigenvalue weighted by atomic mass is 16.5. The summed E-state index contributed by atoms with van der Waals surface area (Å²) in [5.41, 5.74) is 0. The van der Waals surface area contributed by atoms with Crippen molar-refractivity contribution in [3.8, 4) is 0 Å². The summed E-state index contributed by atoms with van der Waals surface area (Å²) in [5, 5.41) is 3.27. The summed E-state index contributed by atoms with van der Waals surface area (Å²) in [6.07, 6.45) is 1.11. The molecule has 0 aliphatic carbocycles. The van der Waals surface area contributed by atoms with Crippen LogP contribution in [0, 0.1) is 17.8 Å². The fourth-order valence-electron chi connectivity index (χ4n) is 2.11. The Bertz CT molecular complexity index is 192. The summed E-state index contributed by atoms with van der Waals surface area (Å²) in [6, 6.07) is 0. The number of hydrogen-bond acceptors (Lipinski definition) is 3. The maximum atomic E-state index is 11.6. The van der Waals surface area contributed by atoms with Crippen molar-refractivity contribution in [2.75, 3.05) is 19.7 Å². The molecule has 2 atom stereocenters. The first kappa shape index (κ1) is 11.5. The lowest BCUT2D eigenvalue weighted by Gasteiger charge is -2.18. The van der Waals surface area contributed by atoms with Crippen LogP contribution in [0.5, 0.6) is 0 Å². The van der Waals surface area contributed by atoms with E-state index in [0.29, 0.717) is 18.4 Å². The minimum absolute atomic E-state index is 0.0249. The molecule has 0 bridgehead atoms. The van der Waals surface area contributed by atoms with Crippen LogP contribution in [-0.4, -0.2) is 25.7 Å². The molecule has 0 spiro atoms. The average Bonchev–Trinajstić information content (AvgIpc) is 2.51. The molecular weight excluding hydrogens is 178 g/mol. The molecule has 1 aliphatic heterocycles. The van der Waals surface area contributed by atoms with Crippen LogP contribution in [0.2, 0.25) is 0 Å². The Morgan fingerprint density at radius 2 is 2.21 bits per heavy atom. The molecule has 0 radical (unpaired) electrons. The van der Waals surface area contributed by atoms with Gasteiger partial charge in [-0.3, -0.25) is 4.79 Å². The minimum atomic E-state index is -0.0249. The minimum Gasteiger partial charge on any atom is -0.466 e. The van der Waals surface area contributed by atoms with Gasteiger partial charge in [0.15, 0.2) is 0 Å². The van der Waals surface area contributed by atoms with E-state index >= 15 is 0 Å². The SMILES string of the molecule is CCOC(=O)[C@H]1CNC[C@H]1CC(C)C. The van der Waals surface area contributed by atoms with E-state index in [1.807, 2.05) is 6.92 Å². The zero-order chi connectivity index (χ0) is 10.6. The van der Waals surface area contributed by atoms with Gasteiger partial charge in [-0.25, -0.2) is 0 Å². The third kappa shape index (κ3) is 2.98. The Balaban J connectivity index is 2.46. The van der Waals surface area contributed by atoms with Crippen LogP contribution >= 0.6 is 0 Å². The lowest BCUT2D eigenvalue weighted by molar-refractivity contribution is -0.148. The molecule has 3 nitrogen and oxygen atoms in total. The highest BCUT2D eigenvalue weighted by Gasteiger charge is 2.33. The molecular formula is C11H21NO2. The third-order valence-corrected chi connectivity index (χ3v) is 2.70. The van der Waals surface area contributed by atoms with Gasteiger partial charge in [-0.2, -0.15) is 0 Å². The molecule has 0 aromatic rings. The van der Waals surface area contributed by atoms with Gasteiger partial charge in [-0.15, -0.1) is 0 Å². The molecule has 82 valence electrons. The lowest BCUT2D eigenvalue weighted by Crippen LogP contribution is -2.25. The molecule has 0 amide bonds. The summed E-state index contributed by atoms with van der Waals surface area (Å²) in [5.74, 6) is 1.17. The molecule has 3 heteroatoms. The Morgan fingerprint density at radius 3 is 2.79 bits per heavy atom. The number of carbonyl (C=O) groups is 1. The maximum Gasteiger partial charge on any atom is 0.310 e. The molecule has 0 aromatic carbocycles. The predicted octanol–water partition coefficient (Wildman–Crippen LogP) is 1.43. The quantitative estimate of drug-likeness (QED) is 0.696. The summed E-state index contributed by atoms with van der Waals surface area (Å²) in [6.45, 7) is 8.49. The standard InChI is InChI=1S/C11H21NO2/c1-4-14-11(13)10-7-12-6-9(10)5-8(2)3/h8-10,12H,4-7H2,1-3H3/t9-,10+/m1/s1. The summed E-state index contributed by atoms with van der Waals surface area (Å²) in [4.78, 5) is 11.6. The Morgan fingerprint density at radius 1 is 1.50 bits per heavy atom. The monoisotopic (exact) mass is 199 g/mol. The fraction of sp³-hybridized carbons (Fsp3) is 0.909. The van der Waals surface area contributed by atoms with Gasteiger partial charge in [0.1, 0.15) is 0 Å². The van der Waals surface area contributed by atoms with Gasteiger partial charge in [-0.1, -0.05) is 13.8 Å². The van der Waals surface area contributed by atoms with Crippen LogP contribution in [0.25, 0.3) is 0 Å². The van der Waals surface area contributed by atoms with Gasteiger partial charge in [0.05, 0.1) is 12.5 Å². The van der Waals surface area contributed by atoms with Crippen LogP contribution in [0.4, 0.5) is 0 Å². The molecule has 0 aromatic heterocycles. The summed E-state index contributed by atoms with van der Waals surface area (Å²) >= 11 is 0. The van der Waals surface area contributed by atoms with E-state index in [2.05, 4.69) is 19.2 Å². The Kier molecular flexibility index (Phi) is 4.39. The number of ether oxygens (including phenoxy) is 1. The Hall–Kier alpha value is -0.570.